The quantitative estimate of drug-likeness (QED) is 0.0105. The number of hydrogen-bond donors (Lipinski definition) is 3. The van der Waals surface area contributed by atoms with Gasteiger partial charge in [0, 0.05) is 23.0 Å². The molecule has 368 valence electrons. The number of rotatable bonds is 29. The predicted octanol–water partition coefficient (Wildman–Crippen LogP) is 13.0. The van der Waals surface area contributed by atoms with E-state index >= 15 is 8.78 Å². The van der Waals surface area contributed by atoms with Crippen molar-refractivity contribution < 1.29 is 64.7 Å². The minimum Gasteiger partial charge on any atom is -0.494 e. The number of esters is 1. The predicted molar refractivity (Wildman–Crippen MR) is 254 cm³/mol. The molecular weight excluding hydrogens is 907 g/mol. The molecule has 0 saturated carbocycles. The Kier molecular flexibility index (Phi) is 20.3. The van der Waals surface area contributed by atoms with Gasteiger partial charge in [-0.3, -0.25) is 8.78 Å². The van der Waals surface area contributed by atoms with Crippen molar-refractivity contribution in [2.75, 3.05) is 44.6 Å². The molecular formula is C53H56F6N2O8. The van der Waals surface area contributed by atoms with Crippen molar-refractivity contribution in [3.63, 3.8) is 0 Å². The summed E-state index contributed by atoms with van der Waals surface area (Å²) in [4.78, 5) is 25.5. The number of carboxylic acids is 1. The Balaban J connectivity index is 1.18. The summed E-state index contributed by atoms with van der Waals surface area (Å²) in [7, 11) is 0. The highest BCUT2D eigenvalue weighted by atomic mass is 19.3. The van der Waals surface area contributed by atoms with E-state index in [-0.39, 0.29) is 72.3 Å². The zero-order valence-corrected chi connectivity index (χ0v) is 38.0. The number of nitrogen functional groups attached to an aromatic ring is 2. The molecule has 69 heavy (non-hydrogen) atoms. The minimum atomic E-state index is -3.74. The van der Waals surface area contributed by atoms with E-state index in [9.17, 15) is 32.3 Å². The fourth-order valence-electron chi connectivity index (χ4n) is 7.02. The molecule has 0 fully saturated rings. The van der Waals surface area contributed by atoms with Gasteiger partial charge in [-0.05, 0) is 165 Å². The van der Waals surface area contributed by atoms with Crippen LogP contribution in [0.15, 0.2) is 121 Å². The Morgan fingerprint density at radius 3 is 1.52 bits per heavy atom. The van der Waals surface area contributed by atoms with Crippen LogP contribution in [0.2, 0.25) is 0 Å². The molecule has 0 aliphatic heterocycles. The van der Waals surface area contributed by atoms with Crippen LogP contribution in [-0.2, 0) is 26.5 Å². The van der Waals surface area contributed by atoms with Gasteiger partial charge in [0.15, 0.2) is 0 Å². The van der Waals surface area contributed by atoms with Crippen molar-refractivity contribution in [1.82, 2.24) is 0 Å². The standard InChI is InChI=1S/C53H56F6N2O8/c54-31-5-1-3-7-33-65-42-25-16-39(17-26-42)52(56,57)68-44-21-11-37(12-22-44)13-30-49(62)67-35-9-10-46(50(51(63)64)47-29-20-41(60)36-48(47)61)38-14-23-45(24-15-38)69-53(58,59)40-18-27-43(28-19-40)66-34-8-4-2-6-32-55/h11-30,36H,1-10,31-35,60-61H2,(H,63,64)/b30-13+,50-46+. The Morgan fingerprint density at radius 2 is 1.04 bits per heavy atom. The number of carboxylic acid groups (broad SMARTS) is 1. The van der Waals surface area contributed by atoms with E-state index in [1.54, 1.807) is 0 Å². The van der Waals surface area contributed by atoms with Crippen molar-refractivity contribution in [3.8, 4) is 23.0 Å². The molecule has 5 aromatic carbocycles. The molecule has 0 saturated heterocycles. The fraction of sp³-hybridized carbons (Fsp3) is 0.321. The van der Waals surface area contributed by atoms with Crippen molar-refractivity contribution in [3.05, 3.63) is 149 Å². The van der Waals surface area contributed by atoms with E-state index in [1.807, 2.05) is 0 Å². The van der Waals surface area contributed by atoms with Crippen molar-refractivity contribution in [2.45, 2.75) is 76.4 Å². The number of benzene rings is 5. The van der Waals surface area contributed by atoms with Gasteiger partial charge in [0.1, 0.15) is 23.0 Å². The third-order valence-corrected chi connectivity index (χ3v) is 10.6. The Labute approximate surface area is 397 Å². The van der Waals surface area contributed by atoms with Crippen LogP contribution in [0.1, 0.15) is 92.0 Å². The number of hydrogen-bond acceptors (Lipinski definition) is 9. The summed E-state index contributed by atoms with van der Waals surface area (Å²) < 4.78 is 112. The summed E-state index contributed by atoms with van der Waals surface area (Å²) in [6.07, 6.45) is 0.862. The second-order valence-electron chi connectivity index (χ2n) is 15.9. The summed E-state index contributed by atoms with van der Waals surface area (Å²) in [5, 5.41) is 10.5. The second kappa shape index (κ2) is 26.4. The molecule has 0 aliphatic carbocycles. The largest absolute Gasteiger partial charge is 0.494 e. The Morgan fingerprint density at radius 1 is 0.565 bits per heavy atom. The molecule has 0 radical (unpaired) electrons. The first-order valence-electron chi connectivity index (χ1n) is 22.6. The number of allylic oxidation sites excluding steroid dienone is 1. The number of carbonyl (C=O) groups is 2. The van der Waals surface area contributed by atoms with Crippen LogP contribution in [0.5, 0.6) is 23.0 Å². The Bertz CT molecular complexity index is 2450. The average molecular weight is 963 g/mol. The summed E-state index contributed by atoms with van der Waals surface area (Å²) in [5.41, 5.74) is 12.8. The van der Waals surface area contributed by atoms with E-state index in [0.29, 0.717) is 60.8 Å². The van der Waals surface area contributed by atoms with Gasteiger partial charge in [0.25, 0.3) is 0 Å². The van der Waals surface area contributed by atoms with E-state index in [4.69, 9.17) is 35.2 Å². The third-order valence-electron chi connectivity index (χ3n) is 10.6. The monoisotopic (exact) mass is 962 g/mol. The van der Waals surface area contributed by atoms with Crippen LogP contribution in [0.3, 0.4) is 0 Å². The van der Waals surface area contributed by atoms with Crippen LogP contribution < -0.4 is 30.4 Å². The van der Waals surface area contributed by atoms with Gasteiger partial charge in [0.2, 0.25) is 0 Å². The van der Waals surface area contributed by atoms with E-state index in [1.165, 1.54) is 121 Å². The molecule has 16 heteroatoms. The molecule has 0 unspecified atom stereocenters. The molecule has 0 aliphatic rings. The summed E-state index contributed by atoms with van der Waals surface area (Å²) in [5.74, 6) is -1.56. The maximum atomic E-state index is 15.3. The summed E-state index contributed by atoms with van der Waals surface area (Å²) >= 11 is 0. The van der Waals surface area contributed by atoms with Crippen molar-refractivity contribution in [2.24, 2.45) is 0 Å². The highest BCUT2D eigenvalue weighted by Crippen LogP contribution is 2.37. The first-order valence-corrected chi connectivity index (χ1v) is 22.6. The number of nitrogens with two attached hydrogens (primary N) is 2. The van der Waals surface area contributed by atoms with Crippen LogP contribution in [0.25, 0.3) is 17.2 Å². The molecule has 0 spiro atoms. The first-order chi connectivity index (χ1) is 33.2. The van der Waals surface area contributed by atoms with E-state index in [2.05, 4.69) is 0 Å². The number of anilines is 2. The SMILES string of the molecule is Nc1ccc(/C(C(=O)O)=C(/CCCOC(=O)/C=C/c2ccc(OC(F)(F)c3ccc(OCCCCCCF)cc3)cc2)c2ccc(OC(F)(F)c3ccc(OCCCCCCF)cc3)cc2)c(N)c1. The number of unbranched alkanes of at least 4 members (excludes halogenated alkanes) is 6. The minimum absolute atomic E-state index is 0.0401. The molecule has 0 bridgehead atoms. The first kappa shape index (κ1) is 52.9. The van der Waals surface area contributed by atoms with Crippen molar-refractivity contribution >= 4 is 40.5 Å². The number of halogens is 6. The van der Waals surface area contributed by atoms with Crippen LogP contribution in [-0.4, -0.2) is 50.2 Å². The average Bonchev–Trinajstić information content (AvgIpc) is 3.33. The van der Waals surface area contributed by atoms with Crippen LogP contribution in [0.4, 0.5) is 37.7 Å². The van der Waals surface area contributed by atoms with Gasteiger partial charge < -0.3 is 40.3 Å². The van der Waals surface area contributed by atoms with Gasteiger partial charge in [-0.2, -0.15) is 17.6 Å². The molecule has 5 aromatic rings. The number of ether oxygens (including phenoxy) is 5. The number of carbonyl (C=O) groups excluding carboxylic acids is 1. The molecule has 5 N–H and O–H groups in total. The van der Waals surface area contributed by atoms with E-state index in [0.717, 1.165) is 38.2 Å². The van der Waals surface area contributed by atoms with Crippen LogP contribution >= 0.6 is 0 Å². The lowest BCUT2D eigenvalue weighted by Gasteiger charge is -2.20. The topological polar surface area (TPSA) is 153 Å². The van der Waals surface area contributed by atoms with Gasteiger partial charge in [-0.25, -0.2) is 9.59 Å². The lowest BCUT2D eigenvalue weighted by molar-refractivity contribution is -0.186. The molecule has 0 aromatic heterocycles. The van der Waals surface area contributed by atoms with E-state index < -0.39 is 29.7 Å². The zero-order valence-electron chi connectivity index (χ0n) is 38.0. The molecule has 5 rings (SSSR count). The Hall–Kier alpha value is -7.10. The number of alkyl halides is 6. The van der Waals surface area contributed by atoms with Gasteiger partial charge >= 0.3 is 24.2 Å². The molecule has 0 heterocycles. The van der Waals surface area contributed by atoms with Gasteiger partial charge in [-0.1, -0.05) is 37.1 Å². The summed E-state index contributed by atoms with van der Waals surface area (Å²) in [6, 6.07) is 25.9. The highest BCUT2D eigenvalue weighted by molar-refractivity contribution is 6.25. The number of aliphatic carboxylic acids is 1. The lowest BCUT2D eigenvalue weighted by Crippen LogP contribution is -2.21. The zero-order chi connectivity index (χ0) is 49.7. The second-order valence-corrected chi connectivity index (χ2v) is 15.9. The molecule has 10 nitrogen and oxygen atoms in total. The van der Waals surface area contributed by atoms with Gasteiger partial charge in [-0.15, -0.1) is 0 Å². The summed E-state index contributed by atoms with van der Waals surface area (Å²) in [6.45, 7) is -0.116. The van der Waals surface area contributed by atoms with Crippen LogP contribution in [0, 0.1) is 0 Å². The highest BCUT2D eigenvalue weighted by Gasteiger charge is 2.35. The fourth-order valence-corrected chi connectivity index (χ4v) is 7.02. The third kappa shape index (κ3) is 16.9. The maximum absolute atomic E-state index is 15.3. The molecule has 0 atom stereocenters. The normalized spacial score (nSPS) is 12.1. The smallest absolute Gasteiger partial charge is 0.426 e. The van der Waals surface area contributed by atoms with Crippen molar-refractivity contribution in [1.29, 1.82) is 0 Å². The van der Waals surface area contributed by atoms with Gasteiger partial charge in [0.05, 0.1) is 49.9 Å². The maximum Gasteiger partial charge on any atom is 0.426 e. The lowest BCUT2D eigenvalue weighted by atomic mass is 9.90. The molecule has 0 amide bonds.